The van der Waals surface area contributed by atoms with E-state index in [2.05, 4.69) is 6.92 Å². The maximum Gasteiger partial charge on any atom is 0.232 e. The van der Waals surface area contributed by atoms with Gasteiger partial charge in [-0.1, -0.05) is 30.7 Å². The second-order valence-electron chi connectivity index (χ2n) is 6.11. The van der Waals surface area contributed by atoms with Crippen LogP contribution in [0.5, 0.6) is 0 Å². The third-order valence-corrected chi connectivity index (χ3v) is 4.39. The van der Waals surface area contributed by atoms with Gasteiger partial charge in [0, 0.05) is 18.1 Å². The van der Waals surface area contributed by atoms with Crippen molar-refractivity contribution < 1.29 is 4.79 Å². The van der Waals surface area contributed by atoms with Gasteiger partial charge < -0.3 is 4.90 Å². The number of carbonyl (C=O) groups is 1. The summed E-state index contributed by atoms with van der Waals surface area (Å²) in [5, 5.41) is 0.686. The van der Waals surface area contributed by atoms with E-state index in [-0.39, 0.29) is 5.91 Å². The summed E-state index contributed by atoms with van der Waals surface area (Å²) in [5.74, 6) is 0.944. The van der Waals surface area contributed by atoms with Crippen LogP contribution in [0.2, 0.25) is 5.02 Å². The molecule has 0 aromatic heterocycles. The molecule has 0 saturated carbocycles. The van der Waals surface area contributed by atoms with Crippen LogP contribution in [0, 0.1) is 5.92 Å². The Labute approximate surface area is 120 Å². The lowest BCUT2D eigenvalue weighted by Crippen LogP contribution is -2.46. The van der Waals surface area contributed by atoms with Gasteiger partial charge in [0.15, 0.2) is 0 Å². The molecule has 0 spiro atoms. The molecule has 1 aromatic carbocycles. The third kappa shape index (κ3) is 3.11. The van der Waals surface area contributed by atoms with Crippen LogP contribution in [0.15, 0.2) is 24.3 Å². The largest absolute Gasteiger partial charge is 0.342 e. The van der Waals surface area contributed by atoms with Crippen molar-refractivity contribution in [2.75, 3.05) is 13.1 Å². The van der Waals surface area contributed by atoms with Gasteiger partial charge >= 0.3 is 0 Å². The molecule has 104 valence electrons. The number of hydrogen-bond acceptors (Lipinski definition) is 1. The second kappa shape index (κ2) is 5.54. The van der Waals surface area contributed by atoms with Crippen LogP contribution in [0.4, 0.5) is 0 Å². The average Bonchev–Trinajstić information content (AvgIpc) is 2.39. The van der Waals surface area contributed by atoms with Crippen molar-refractivity contribution in [2.45, 2.75) is 39.0 Å². The van der Waals surface area contributed by atoms with Crippen LogP contribution in [-0.4, -0.2) is 23.9 Å². The molecule has 1 amide bonds. The smallest absolute Gasteiger partial charge is 0.232 e. The number of rotatable bonds is 2. The van der Waals surface area contributed by atoms with Crippen molar-refractivity contribution >= 4 is 17.5 Å². The van der Waals surface area contributed by atoms with E-state index in [0.29, 0.717) is 5.02 Å². The zero-order valence-corrected chi connectivity index (χ0v) is 12.7. The first-order chi connectivity index (χ1) is 8.91. The zero-order valence-electron chi connectivity index (χ0n) is 11.9. The van der Waals surface area contributed by atoms with Gasteiger partial charge in [0.25, 0.3) is 0 Å². The highest BCUT2D eigenvalue weighted by Crippen LogP contribution is 2.29. The molecule has 1 saturated heterocycles. The molecule has 0 aliphatic carbocycles. The lowest BCUT2D eigenvalue weighted by atomic mass is 9.82. The molecule has 2 nitrogen and oxygen atoms in total. The first-order valence-electron chi connectivity index (χ1n) is 6.96. The topological polar surface area (TPSA) is 20.3 Å². The van der Waals surface area contributed by atoms with Crippen molar-refractivity contribution in [2.24, 2.45) is 5.92 Å². The van der Waals surface area contributed by atoms with Crippen LogP contribution in [-0.2, 0) is 10.2 Å². The number of likely N-dealkylation sites (tertiary alicyclic amines) is 1. The van der Waals surface area contributed by atoms with E-state index in [4.69, 9.17) is 11.6 Å². The van der Waals surface area contributed by atoms with Gasteiger partial charge in [-0.05, 0) is 50.3 Å². The molecule has 1 heterocycles. The summed E-state index contributed by atoms with van der Waals surface area (Å²) in [5.41, 5.74) is 0.481. The fourth-order valence-electron chi connectivity index (χ4n) is 2.61. The van der Waals surface area contributed by atoms with E-state index >= 15 is 0 Å². The maximum atomic E-state index is 12.7. The van der Waals surface area contributed by atoms with Gasteiger partial charge in [-0.3, -0.25) is 4.79 Å². The van der Waals surface area contributed by atoms with Crippen molar-refractivity contribution in [1.29, 1.82) is 0 Å². The van der Waals surface area contributed by atoms with Crippen molar-refractivity contribution in [3.63, 3.8) is 0 Å². The minimum Gasteiger partial charge on any atom is -0.342 e. The zero-order chi connectivity index (χ0) is 14.0. The molecule has 2 rings (SSSR count). The van der Waals surface area contributed by atoms with E-state index in [1.807, 2.05) is 43.0 Å². The molecule has 1 fully saturated rings. The number of hydrogen-bond donors (Lipinski definition) is 0. The fraction of sp³-hybridized carbons (Fsp3) is 0.562. The van der Waals surface area contributed by atoms with Gasteiger partial charge in [0.05, 0.1) is 5.41 Å². The Hall–Kier alpha value is -1.02. The number of nitrogens with zero attached hydrogens (tertiary/aromatic N) is 1. The lowest BCUT2D eigenvalue weighted by Gasteiger charge is -2.36. The molecule has 1 aliphatic rings. The molecule has 0 radical (unpaired) electrons. The summed E-state index contributed by atoms with van der Waals surface area (Å²) >= 11 is 6.04. The predicted octanol–water partition coefficient (Wildman–Crippen LogP) is 3.88. The molecule has 0 unspecified atom stereocenters. The van der Waals surface area contributed by atoms with Gasteiger partial charge in [-0.25, -0.2) is 0 Å². The van der Waals surface area contributed by atoms with Crippen LogP contribution in [0.1, 0.15) is 39.2 Å². The van der Waals surface area contributed by atoms with E-state index in [1.54, 1.807) is 0 Å². The van der Waals surface area contributed by atoms with Crippen LogP contribution in [0.25, 0.3) is 0 Å². The third-order valence-electron chi connectivity index (χ3n) is 4.15. The number of carbonyl (C=O) groups excluding carboxylic acids is 1. The van der Waals surface area contributed by atoms with Gasteiger partial charge in [-0.2, -0.15) is 0 Å². The predicted molar refractivity (Wildman–Crippen MR) is 79.5 cm³/mol. The molecule has 0 bridgehead atoms. The number of halogens is 1. The molecule has 1 aliphatic heterocycles. The summed E-state index contributed by atoms with van der Waals surface area (Å²) < 4.78 is 0. The summed E-state index contributed by atoms with van der Waals surface area (Å²) in [6.07, 6.45) is 2.22. The Bertz CT molecular complexity index is 462. The quantitative estimate of drug-likeness (QED) is 0.805. The Morgan fingerprint density at radius 3 is 2.53 bits per heavy atom. The van der Waals surface area contributed by atoms with Gasteiger partial charge in [0.2, 0.25) is 5.91 Å². The molecule has 1 aromatic rings. The SMILES string of the molecule is CC1CCN(C(=O)C(C)(C)c2cccc(Cl)c2)CC1. The lowest BCUT2D eigenvalue weighted by molar-refractivity contribution is -0.137. The normalized spacial score (nSPS) is 17.6. The van der Waals surface area contributed by atoms with E-state index in [0.717, 1.165) is 37.4 Å². The monoisotopic (exact) mass is 279 g/mol. The van der Waals surface area contributed by atoms with Crippen molar-refractivity contribution in [1.82, 2.24) is 4.90 Å². The average molecular weight is 280 g/mol. The number of benzene rings is 1. The Balaban J connectivity index is 2.17. The van der Waals surface area contributed by atoms with Gasteiger partial charge in [0.1, 0.15) is 0 Å². The summed E-state index contributed by atoms with van der Waals surface area (Å²) in [6, 6.07) is 7.63. The molecule has 0 atom stereocenters. The van der Waals surface area contributed by atoms with E-state index in [9.17, 15) is 4.79 Å². The Morgan fingerprint density at radius 1 is 1.32 bits per heavy atom. The standard InChI is InChI=1S/C16H22ClNO/c1-12-7-9-18(10-8-12)15(19)16(2,3)13-5-4-6-14(17)11-13/h4-6,11-12H,7-10H2,1-3H3. The first kappa shape index (κ1) is 14.4. The minimum atomic E-state index is -0.508. The Kier molecular flexibility index (Phi) is 4.19. The summed E-state index contributed by atoms with van der Waals surface area (Å²) in [7, 11) is 0. The fourth-order valence-corrected chi connectivity index (χ4v) is 2.80. The summed E-state index contributed by atoms with van der Waals surface area (Å²) in [4.78, 5) is 14.7. The van der Waals surface area contributed by atoms with Crippen molar-refractivity contribution in [3.8, 4) is 0 Å². The van der Waals surface area contributed by atoms with Crippen LogP contribution in [0.3, 0.4) is 0 Å². The highest BCUT2D eigenvalue weighted by atomic mass is 35.5. The maximum absolute atomic E-state index is 12.7. The van der Waals surface area contributed by atoms with Crippen LogP contribution >= 0.6 is 11.6 Å². The Morgan fingerprint density at radius 2 is 1.95 bits per heavy atom. The number of piperidine rings is 1. The molecular formula is C16H22ClNO. The number of amides is 1. The highest BCUT2D eigenvalue weighted by Gasteiger charge is 2.34. The molecular weight excluding hydrogens is 258 g/mol. The second-order valence-corrected chi connectivity index (χ2v) is 6.55. The molecule has 3 heteroatoms. The van der Waals surface area contributed by atoms with Crippen molar-refractivity contribution in [3.05, 3.63) is 34.9 Å². The molecule has 19 heavy (non-hydrogen) atoms. The summed E-state index contributed by atoms with van der Waals surface area (Å²) in [6.45, 7) is 7.98. The van der Waals surface area contributed by atoms with Crippen LogP contribution < -0.4 is 0 Å². The van der Waals surface area contributed by atoms with E-state index in [1.165, 1.54) is 0 Å². The van der Waals surface area contributed by atoms with E-state index < -0.39 is 5.41 Å². The highest BCUT2D eigenvalue weighted by molar-refractivity contribution is 6.30. The minimum absolute atomic E-state index is 0.210. The van der Waals surface area contributed by atoms with Gasteiger partial charge in [-0.15, -0.1) is 0 Å². The molecule has 0 N–H and O–H groups in total. The first-order valence-corrected chi connectivity index (χ1v) is 7.34.